The van der Waals surface area contributed by atoms with E-state index in [2.05, 4.69) is 4.98 Å². The maximum atomic E-state index is 12.3. The summed E-state index contributed by atoms with van der Waals surface area (Å²) < 4.78 is 29.7. The van der Waals surface area contributed by atoms with E-state index < -0.39 is 9.84 Å². The van der Waals surface area contributed by atoms with Crippen LogP contribution >= 0.6 is 0 Å². The van der Waals surface area contributed by atoms with E-state index in [1.807, 2.05) is 0 Å². The number of ether oxygens (including phenoxy) is 1. The molecular formula is C13H14N2O3S. The number of methoxy groups -OCH3 is 1. The summed E-state index contributed by atoms with van der Waals surface area (Å²) in [5.41, 5.74) is 6.56. The number of benzene rings is 1. The molecule has 2 N–H and O–H groups in total. The van der Waals surface area contributed by atoms with Gasteiger partial charge in [0, 0.05) is 18.5 Å². The van der Waals surface area contributed by atoms with Gasteiger partial charge in [-0.1, -0.05) is 6.07 Å². The molecule has 0 aliphatic carbocycles. The first-order chi connectivity index (χ1) is 9.03. The van der Waals surface area contributed by atoms with E-state index in [1.54, 1.807) is 24.4 Å². The Labute approximate surface area is 112 Å². The van der Waals surface area contributed by atoms with Gasteiger partial charge in [0.1, 0.15) is 5.75 Å². The Morgan fingerprint density at radius 3 is 2.74 bits per heavy atom. The molecular weight excluding hydrogens is 264 g/mol. The smallest absolute Gasteiger partial charge is 0.184 e. The summed E-state index contributed by atoms with van der Waals surface area (Å²) in [7, 11) is -2.05. The number of hydrogen-bond donors (Lipinski definition) is 1. The van der Waals surface area contributed by atoms with Crippen molar-refractivity contribution in [3.05, 3.63) is 48.3 Å². The van der Waals surface area contributed by atoms with Crippen molar-refractivity contribution in [1.82, 2.24) is 4.98 Å². The lowest BCUT2D eigenvalue weighted by atomic mass is 10.3. The lowest BCUT2D eigenvalue weighted by Gasteiger charge is -2.09. The van der Waals surface area contributed by atoms with Gasteiger partial charge < -0.3 is 10.5 Å². The van der Waals surface area contributed by atoms with Gasteiger partial charge in [0.15, 0.2) is 9.84 Å². The number of anilines is 1. The lowest BCUT2D eigenvalue weighted by molar-refractivity contribution is 0.413. The van der Waals surface area contributed by atoms with Crippen LogP contribution in [0.2, 0.25) is 0 Å². The highest BCUT2D eigenvalue weighted by Gasteiger charge is 2.19. The van der Waals surface area contributed by atoms with Crippen LogP contribution in [-0.4, -0.2) is 20.5 Å². The van der Waals surface area contributed by atoms with E-state index in [0.29, 0.717) is 11.3 Å². The number of pyridine rings is 1. The highest BCUT2D eigenvalue weighted by atomic mass is 32.2. The Bertz CT molecular complexity index is 670. The Morgan fingerprint density at radius 2 is 2.11 bits per heavy atom. The molecule has 0 saturated carbocycles. The van der Waals surface area contributed by atoms with Crippen molar-refractivity contribution < 1.29 is 13.2 Å². The van der Waals surface area contributed by atoms with E-state index in [-0.39, 0.29) is 16.3 Å². The van der Waals surface area contributed by atoms with Crippen molar-refractivity contribution in [3.63, 3.8) is 0 Å². The molecule has 6 heteroatoms. The zero-order chi connectivity index (χ0) is 13.9. The first kappa shape index (κ1) is 13.4. The topological polar surface area (TPSA) is 82.3 Å². The van der Waals surface area contributed by atoms with Crippen LogP contribution in [0.3, 0.4) is 0 Å². The summed E-state index contributed by atoms with van der Waals surface area (Å²) in [4.78, 5) is 3.98. The van der Waals surface area contributed by atoms with Crippen molar-refractivity contribution in [2.75, 3.05) is 12.8 Å². The summed E-state index contributed by atoms with van der Waals surface area (Å²) >= 11 is 0. The molecule has 1 aromatic carbocycles. The molecule has 0 aliphatic rings. The maximum Gasteiger partial charge on any atom is 0.184 e. The largest absolute Gasteiger partial charge is 0.497 e. The molecule has 5 nitrogen and oxygen atoms in total. The minimum Gasteiger partial charge on any atom is -0.497 e. The summed E-state index contributed by atoms with van der Waals surface area (Å²) in [5.74, 6) is 0.317. The van der Waals surface area contributed by atoms with Crippen LogP contribution in [0.1, 0.15) is 5.56 Å². The molecule has 0 aliphatic heterocycles. The normalized spacial score (nSPS) is 11.2. The van der Waals surface area contributed by atoms with E-state index in [4.69, 9.17) is 10.5 Å². The van der Waals surface area contributed by atoms with Crippen LogP contribution in [0.15, 0.2) is 47.6 Å². The zero-order valence-corrected chi connectivity index (χ0v) is 11.2. The Hall–Kier alpha value is -2.08. The van der Waals surface area contributed by atoms with Gasteiger partial charge in [-0.2, -0.15) is 0 Å². The van der Waals surface area contributed by atoms with Gasteiger partial charge in [0.05, 0.1) is 23.4 Å². The number of nitrogens with zero attached hydrogens (tertiary/aromatic N) is 1. The molecule has 1 heterocycles. The number of aromatic nitrogens is 1. The molecule has 0 unspecified atom stereocenters. The summed E-state index contributed by atoms with van der Waals surface area (Å²) in [6.07, 6.45) is 3.12. The van der Waals surface area contributed by atoms with Gasteiger partial charge in [-0.05, 0) is 23.8 Å². The molecule has 100 valence electrons. The van der Waals surface area contributed by atoms with E-state index in [9.17, 15) is 8.42 Å². The molecule has 0 atom stereocenters. The van der Waals surface area contributed by atoms with Crippen LogP contribution in [0.25, 0.3) is 0 Å². The fourth-order valence-corrected chi connectivity index (χ4v) is 3.18. The van der Waals surface area contributed by atoms with Crippen LogP contribution < -0.4 is 10.5 Å². The van der Waals surface area contributed by atoms with Crippen LogP contribution in [0.5, 0.6) is 5.75 Å². The highest BCUT2D eigenvalue weighted by molar-refractivity contribution is 7.90. The number of hydrogen-bond acceptors (Lipinski definition) is 5. The molecule has 2 rings (SSSR count). The third-order valence-electron chi connectivity index (χ3n) is 2.64. The molecule has 0 fully saturated rings. The third kappa shape index (κ3) is 3.03. The average molecular weight is 278 g/mol. The SMILES string of the molecule is COc1ccc(N)c(S(=O)(=O)Cc2cccnc2)c1. The van der Waals surface area contributed by atoms with Crippen molar-refractivity contribution in [2.24, 2.45) is 0 Å². The molecule has 19 heavy (non-hydrogen) atoms. The second-order valence-corrected chi connectivity index (χ2v) is 5.98. The van der Waals surface area contributed by atoms with Gasteiger partial charge in [0.25, 0.3) is 0 Å². The summed E-state index contributed by atoms with van der Waals surface area (Å²) in [6.45, 7) is 0. The lowest BCUT2D eigenvalue weighted by Crippen LogP contribution is -2.08. The molecule has 2 aromatic rings. The van der Waals surface area contributed by atoms with Gasteiger partial charge in [-0.25, -0.2) is 8.42 Å². The van der Waals surface area contributed by atoms with E-state index in [0.717, 1.165) is 0 Å². The third-order valence-corrected chi connectivity index (χ3v) is 4.37. The van der Waals surface area contributed by atoms with Gasteiger partial charge in [-0.15, -0.1) is 0 Å². The monoisotopic (exact) mass is 278 g/mol. The second kappa shape index (κ2) is 5.27. The van der Waals surface area contributed by atoms with Crippen molar-refractivity contribution in [2.45, 2.75) is 10.6 Å². The van der Waals surface area contributed by atoms with Gasteiger partial charge in [0.2, 0.25) is 0 Å². The van der Waals surface area contributed by atoms with Crippen LogP contribution in [0, 0.1) is 0 Å². The standard InChI is InChI=1S/C13H14N2O3S/c1-18-11-4-5-12(14)13(7-11)19(16,17)9-10-3-2-6-15-8-10/h2-8H,9,14H2,1H3. The molecule has 0 spiro atoms. The minimum atomic E-state index is -3.52. The summed E-state index contributed by atoms with van der Waals surface area (Å²) in [6, 6.07) is 7.98. The molecule has 0 saturated heterocycles. The number of sulfone groups is 1. The van der Waals surface area contributed by atoms with Gasteiger partial charge in [-0.3, -0.25) is 4.98 Å². The molecule has 0 radical (unpaired) electrons. The first-order valence-electron chi connectivity index (χ1n) is 5.58. The first-order valence-corrected chi connectivity index (χ1v) is 7.23. The van der Waals surface area contributed by atoms with Gasteiger partial charge >= 0.3 is 0 Å². The Morgan fingerprint density at radius 1 is 1.32 bits per heavy atom. The number of rotatable bonds is 4. The predicted octanol–water partition coefficient (Wildman–Crippen LogP) is 1.65. The van der Waals surface area contributed by atoms with Crippen molar-refractivity contribution >= 4 is 15.5 Å². The fourth-order valence-electron chi connectivity index (χ4n) is 1.69. The average Bonchev–Trinajstić information content (AvgIpc) is 2.39. The van der Waals surface area contributed by atoms with E-state index >= 15 is 0 Å². The number of nitrogen functional groups attached to an aromatic ring is 1. The quantitative estimate of drug-likeness (QED) is 0.860. The fraction of sp³-hybridized carbons (Fsp3) is 0.154. The summed E-state index contributed by atoms with van der Waals surface area (Å²) in [5, 5.41) is 0. The van der Waals surface area contributed by atoms with Crippen molar-refractivity contribution in [1.29, 1.82) is 0 Å². The van der Waals surface area contributed by atoms with Crippen LogP contribution in [-0.2, 0) is 15.6 Å². The Kier molecular flexibility index (Phi) is 3.71. The Balaban J connectivity index is 2.39. The molecule has 0 bridgehead atoms. The predicted molar refractivity (Wildman–Crippen MR) is 72.5 cm³/mol. The maximum absolute atomic E-state index is 12.3. The second-order valence-electron chi connectivity index (χ2n) is 4.02. The molecule has 1 aromatic heterocycles. The minimum absolute atomic E-state index is 0.0794. The molecule has 0 amide bonds. The van der Waals surface area contributed by atoms with Crippen molar-refractivity contribution in [3.8, 4) is 5.75 Å². The highest BCUT2D eigenvalue weighted by Crippen LogP contribution is 2.26. The number of nitrogens with two attached hydrogens (primary N) is 1. The van der Waals surface area contributed by atoms with Crippen LogP contribution in [0.4, 0.5) is 5.69 Å². The zero-order valence-electron chi connectivity index (χ0n) is 10.4. The van der Waals surface area contributed by atoms with E-state index in [1.165, 1.54) is 25.4 Å².